The molecule has 35 heavy (non-hydrogen) atoms. The van der Waals surface area contributed by atoms with Gasteiger partial charge in [-0.2, -0.15) is 0 Å². The largest absolute Gasteiger partial charge is 0.460 e. The number of nitrogens with two attached hydrogens (primary N) is 2. The van der Waals surface area contributed by atoms with E-state index in [2.05, 4.69) is 27.9 Å². The van der Waals surface area contributed by atoms with Crippen LogP contribution in [0.15, 0.2) is 65.9 Å². The van der Waals surface area contributed by atoms with Gasteiger partial charge < -0.3 is 26.8 Å². The van der Waals surface area contributed by atoms with Crippen LogP contribution in [0.25, 0.3) is 15.7 Å². The van der Waals surface area contributed by atoms with E-state index in [9.17, 15) is 0 Å². The van der Waals surface area contributed by atoms with Crippen molar-refractivity contribution in [2.24, 2.45) is 5.73 Å². The van der Waals surface area contributed by atoms with Crippen LogP contribution < -0.4 is 26.8 Å². The number of nitrogens with zero attached hydrogens (tertiary/aromatic N) is 2. The molecule has 0 spiro atoms. The van der Waals surface area contributed by atoms with Gasteiger partial charge in [-0.1, -0.05) is 42.6 Å². The van der Waals surface area contributed by atoms with E-state index in [4.69, 9.17) is 20.2 Å². The molecule has 4 rings (SSSR count). The molecule has 1 aliphatic heterocycles. The lowest BCUT2D eigenvalue weighted by molar-refractivity contribution is -0.106. The van der Waals surface area contributed by atoms with Crippen molar-refractivity contribution in [3.05, 3.63) is 71.6 Å². The van der Waals surface area contributed by atoms with Crippen LogP contribution in [0, 0.1) is 0 Å². The van der Waals surface area contributed by atoms with E-state index in [-0.39, 0.29) is 6.41 Å². The molecule has 1 amide bonds. The predicted octanol–water partition coefficient (Wildman–Crippen LogP) is 4.51. The Morgan fingerprint density at radius 3 is 2.66 bits per heavy atom. The fourth-order valence-electron chi connectivity index (χ4n) is 3.79. The Bertz CT molecular complexity index is 1210. The monoisotopic (exact) mass is 492 g/mol. The zero-order valence-corrected chi connectivity index (χ0v) is 20.9. The number of anilines is 2. The van der Waals surface area contributed by atoms with Gasteiger partial charge in [0.15, 0.2) is 0 Å². The second-order valence-electron chi connectivity index (χ2n) is 8.08. The molecule has 9 heteroatoms. The normalized spacial score (nSPS) is 15.9. The number of carbonyl (C=O) groups excluding carboxylic acids is 1. The van der Waals surface area contributed by atoms with Crippen LogP contribution in [-0.2, 0) is 4.79 Å². The van der Waals surface area contributed by atoms with Gasteiger partial charge in [0.1, 0.15) is 11.5 Å². The summed E-state index contributed by atoms with van der Waals surface area (Å²) in [7, 11) is 0. The minimum Gasteiger partial charge on any atom is -0.460 e. The van der Waals surface area contributed by atoms with Gasteiger partial charge in [-0.25, -0.2) is 9.97 Å². The summed E-state index contributed by atoms with van der Waals surface area (Å²) in [6.45, 7) is 10.00. The van der Waals surface area contributed by atoms with Crippen molar-refractivity contribution < 1.29 is 9.53 Å². The molecule has 0 radical (unpaired) electrons. The van der Waals surface area contributed by atoms with E-state index in [0.717, 1.165) is 69.4 Å². The first-order valence-electron chi connectivity index (χ1n) is 11.4. The molecule has 0 aliphatic carbocycles. The second kappa shape index (κ2) is 12.8. The second-order valence-corrected chi connectivity index (χ2v) is 9.39. The average molecular weight is 493 g/mol. The molecular formula is C26H32N6O2S. The Labute approximate surface area is 210 Å². The van der Waals surface area contributed by atoms with Gasteiger partial charge >= 0.3 is 0 Å². The van der Waals surface area contributed by atoms with Crippen LogP contribution in [0.3, 0.4) is 0 Å². The van der Waals surface area contributed by atoms with E-state index < -0.39 is 0 Å². The number of nitrogen functional groups attached to an aromatic ring is 1. The summed E-state index contributed by atoms with van der Waals surface area (Å²) in [5.41, 5.74) is 11.9. The molecule has 6 N–H and O–H groups in total. The average Bonchev–Trinajstić information content (AvgIpc) is 2.85. The number of thioether (sulfide) groups is 1. The van der Waals surface area contributed by atoms with Crippen molar-refractivity contribution in [1.29, 1.82) is 0 Å². The number of benzene rings is 2. The highest BCUT2D eigenvalue weighted by atomic mass is 32.2. The zero-order valence-electron chi connectivity index (χ0n) is 20.1. The molecule has 1 fully saturated rings. The van der Waals surface area contributed by atoms with Crippen LogP contribution in [-0.4, -0.2) is 35.5 Å². The Morgan fingerprint density at radius 2 is 1.97 bits per heavy atom. The lowest BCUT2D eigenvalue weighted by atomic mass is 10.1. The van der Waals surface area contributed by atoms with Gasteiger partial charge in [0, 0.05) is 35.2 Å². The molecule has 0 bridgehead atoms. The van der Waals surface area contributed by atoms with Gasteiger partial charge in [0.05, 0.1) is 10.6 Å². The molecule has 1 aliphatic rings. The van der Waals surface area contributed by atoms with Gasteiger partial charge in [-0.15, -0.1) is 0 Å². The fraction of sp³-hybridized carbons (Fsp3) is 0.269. The minimum atomic E-state index is 0.250. The topological polar surface area (TPSA) is 128 Å². The Hall–Kier alpha value is -3.56. The predicted molar refractivity (Wildman–Crippen MR) is 146 cm³/mol. The van der Waals surface area contributed by atoms with Crippen molar-refractivity contribution >= 4 is 45.5 Å². The van der Waals surface area contributed by atoms with Gasteiger partial charge in [-0.3, -0.25) is 4.79 Å². The van der Waals surface area contributed by atoms with Crippen LogP contribution in [0.4, 0.5) is 11.6 Å². The molecule has 1 unspecified atom stereocenters. The SMILES string of the molecule is C=C(C)S/C(=C(\C)Oc1ccc(N)c2ccccc12)c1ccnc(NC2CCCNC2)n1.NC=O. The van der Waals surface area contributed by atoms with Crippen LogP contribution >= 0.6 is 11.8 Å². The number of ether oxygens (including phenoxy) is 1. The van der Waals surface area contributed by atoms with Gasteiger partial charge in [0.25, 0.3) is 0 Å². The summed E-state index contributed by atoms with van der Waals surface area (Å²) in [5.74, 6) is 2.13. The molecule has 3 aromatic rings. The van der Waals surface area contributed by atoms with Crippen LogP contribution in [0.5, 0.6) is 5.75 Å². The maximum absolute atomic E-state index is 8.58. The van der Waals surface area contributed by atoms with E-state index in [0.29, 0.717) is 12.0 Å². The third-order valence-corrected chi connectivity index (χ3v) is 6.34. The number of primary amides is 1. The molecule has 2 heterocycles. The quantitative estimate of drug-likeness (QED) is 0.215. The van der Waals surface area contributed by atoms with Crippen molar-refractivity contribution in [2.75, 3.05) is 24.1 Å². The van der Waals surface area contributed by atoms with Crippen molar-refractivity contribution in [3.8, 4) is 5.75 Å². The summed E-state index contributed by atoms with van der Waals surface area (Å²) in [6.07, 6.45) is 4.29. The Kier molecular flexibility index (Phi) is 9.51. The van der Waals surface area contributed by atoms with Crippen LogP contribution in [0.1, 0.15) is 32.4 Å². The number of nitrogens with one attached hydrogen (secondary N) is 2. The first kappa shape index (κ1) is 26.1. The van der Waals surface area contributed by atoms with Gasteiger partial charge in [-0.05, 0) is 56.3 Å². The van der Waals surface area contributed by atoms with Crippen molar-refractivity contribution in [1.82, 2.24) is 15.3 Å². The summed E-state index contributed by atoms with van der Waals surface area (Å²) in [4.78, 5) is 19.7. The smallest absolute Gasteiger partial charge is 0.223 e. The number of hydrogen-bond donors (Lipinski definition) is 4. The summed E-state index contributed by atoms with van der Waals surface area (Å²) in [6, 6.07) is 14.0. The Balaban J connectivity index is 0.00000108. The molecule has 184 valence electrons. The third kappa shape index (κ3) is 7.21. The number of piperidine rings is 1. The number of hydrogen-bond acceptors (Lipinski definition) is 8. The maximum atomic E-state index is 8.58. The van der Waals surface area contributed by atoms with E-state index in [1.165, 1.54) is 0 Å². The number of aromatic nitrogens is 2. The summed E-state index contributed by atoms with van der Waals surface area (Å²) < 4.78 is 6.36. The molecule has 8 nitrogen and oxygen atoms in total. The number of rotatable bonds is 7. The molecule has 1 aromatic heterocycles. The standard InChI is InChI=1S/C25H29N5OS.CH3NO/c1-16(2)32-24(22-12-14-28-25(30-22)29-18-7-6-13-27-15-18)17(3)31-23-11-10-21(26)19-8-4-5-9-20(19)23;2-1-3/h4-5,8-12,14,18,27H,1,6-7,13,15,26H2,2-3H3,(H,28,29,30);1H,(H2,2,3)/b24-17+;. The highest BCUT2D eigenvalue weighted by Crippen LogP contribution is 2.37. The minimum absolute atomic E-state index is 0.250. The number of allylic oxidation sites excluding steroid dienone is 2. The molecular weight excluding hydrogens is 460 g/mol. The molecule has 0 saturated carbocycles. The Morgan fingerprint density at radius 1 is 1.23 bits per heavy atom. The van der Waals surface area contributed by atoms with E-state index in [1.807, 2.05) is 56.3 Å². The van der Waals surface area contributed by atoms with Crippen molar-refractivity contribution in [2.45, 2.75) is 32.7 Å². The molecule has 1 atom stereocenters. The number of amides is 1. The number of carbonyl (C=O) groups is 1. The zero-order chi connectivity index (χ0) is 25.2. The summed E-state index contributed by atoms with van der Waals surface area (Å²) in [5, 5.41) is 8.81. The fourth-order valence-corrected chi connectivity index (χ4v) is 4.54. The first-order chi connectivity index (χ1) is 16.9. The van der Waals surface area contributed by atoms with Crippen molar-refractivity contribution in [3.63, 3.8) is 0 Å². The highest BCUT2D eigenvalue weighted by molar-refractivity contribution is 8.11. The maximum Gasteiger partial charge on any atom is 0.223 e. The summed E-state index contributed by atoms with van der Waals surface area (Å²) >= 11 is 1.55. The third-order valence-electron chi connectivity index (χ3n) is 5.30. The lowest BCUT2D eigenvalue weighted by Crippen LogP contribution is -2.38. The molecule has 2 aromatic carbocycles. The highest BCUT2D eigenvalue weighted by Gasteiger charge is 2.17. The lowest BCUT2D eigenvalue weighted by Gasteiger charge is -2.24. The van der Waals surface area contributed by atoms with Crippen LogP contribution in [0.2, 0.25) is 0 Å². The van der Waals surface area contributed by atoms with E-state index in [1.54, 1.807) is 18.0 Å². The molecule has 1 saturated heterocycles. The number of fused-ring (bicyclic) bond motifs is 1. The first-order valence-corrected chi connectivity index (χ1v) is 12.2. The van der Waals surface area contributed by atoms with E-state index >= 15 is 0 Å². The van der Waals surface area contributed by atoms with Gasteiger partial charge in [0.2, 0.25) is 12.4 Å².